The molecule has 0 heterocycles. The lowest BCUT2D eigenvalue weighted by Crippen LogP contribution is -2.60. The average molecular weight is 464 g/mol. The molecule has 0 fully saturated rings. The molecular formula is C18H33N5O7S. The predicted molar refractivity (Wildman–Crippen MR) is 115 cm³/mol. The fraction of sp³-hybridized carbons (Fsp3) is 0.722. The number of primary amides is 1. The monoisotopic (exact) mass is 463 g/mol. The number of aliphatic carboxylic acids is 1. The van der Waals surface area contributed by atoms with E-state index < -0.39 is 59.9 Å². The van der Waals surface area contributed by atoms with Crippen molar-refractivity contribution in [2.75, 3.05) is 5.75 Å². The molecule has 4 amide bonds. The number of aliphatic hydroxyl groups excluding tert-OH is 1. The summed E-state index contributed by atoms with van der Waals surface area (Å²) in [6, 6.07) is -4.97. The molecule has 0 aliphatic heterocycles. The zero-order valence-corrected chi connectivity index (χ0v) is 18.7. The summed E-state index contributed by atoms with van der Waals surface area (Å²) in [5.41, 5.74) is 10.8. The Hall–Kier alpha value is -2.38. The average Bonchev–Trinajstić information content (AvgIpc) is 2.70. The Morgan fingerprint density at radius 1 is 0.968 bits per heavy atom. The Balaban J connectivity index is 5.20. The van der Waals surface area contributed by atoms with Gasteiger partial charge in [0.05, 0.1) is 12.1 Å². The Bertz CT molecular complexity index is 661. The van der Waals surface area contributed by atoms with E-state index in [9.17, 15) is 34.2 Å². The highest BCUT2D eigenvalue weighted by atomic mass is 32.1. The van der Waals surface area contributed by atoms with Crippen molar-refractivity contribution < 1.29 is 34.2 Å². The van der Waals surface area contributed by atoms with Crippen LogP contribution in [0.15, 0.2) is 0 Å². The molecule has 0 aliphatic rings. The van der Waals surface area contributed by atoms with Crippen LogP contribution in [0.2, 0.25) is 0 Å². The van der Waals surface area contributed by atoms with Gasteiger partial charge in [0.15, 0.2) is 0 Å². The minimum atomic E-state index is -1.40. The quantitative estimate of drug-likeness (QED) is 0.128. The number of carboxylic acid groups (broad SMARTS) is 1. The minimum absolute atomic E-state index is 0.165. The summed E-state index contributed by atoms with van der Waals surface area (Å²) >= 11 is 3.98. The summed E-state index contributed by atoms with van der Waals surface area (Å²) in [5, 5.41) is 26.0. The first-order valence-corrected chi connectivity index (χ1v) is 10.5. The van der Waals surface area contributed by atoms with Gasteiger partial charge in [0, 0.05) is 12.2 Å². The summed E-state index contributed by atoms with van der Waals surface area (Å²) in [5.74, 6) is -4.86. The lowest BCUT2D eigenvalue weighted by Gasteiger charge is -2.26. The van der Waals surface area contributed by atoms with Crippen molar-refractivity contribution in [3.8, 4) is 0 Å². The minimum Gasteiger partial charge on any atom is -0.480 e. The molecule has 13 heteroatoms. The smallest absolute Gasteiger partial charge is 0.326 e. The number of aliphatic hydroxyl groups is 1. The van der Waals surface area contributed by atoms with E-state index in [-0.39, 0.29) is 24.5 Å². The van der Waals surface area contributed by atoms with Gasteiger partial charge in [-0.25, -0.2) is 4.79 Å². The van der Waals surface area contributed by atoms with Crippen molar-refractivity contribution >= 4 is 42.2 Å². The highest BCUT2D eigenvalue weighted by Gasteiger charge is 2.32. The maximum Gasteiger partial charge on any atom is 0.326 e. The number of thiol groups is 1. The number of carbonyl (C=O) groups excluding carboxylic acids is 4. The Morgan fingerprint density at radius 2 is 1.52 bits per heavy atom. The Labute approximate surface area is 186 Å². The molecule has 0 aromatic carbocycles. The number of carboxylic acids is 1. The van der Waals surface area contributed by atoms with Gasteiger partial charge in [-0.05, 0) is 19.3 Å². The molecule has 0 saturated carbocycles. The van der Waals surface area contributed by atoms with Crippen molar-refractivity contribution in [1.82, 2.24) is 16.0 Å². The van der Waals surface area contributed by atoms with E-state index in [1.54, 1.807) is 6.92 Å². The van der Waals surface area contributed by atoms with Crippen LogP contribution in [0.5, 0.6) is 0 Å². The molecule has 6 atom stereocenters. The third-order valence-corrected chi connectivity index (χ3v) is 5.10. The fourth-order valence-electron chi connectivity index (χ4n) is 2.44. The van der Waals surface area contributed by atoms with E-state index in [0.29, 0.717) is 6.42 Å². The second-order valence-corrected chi connectivity index (χ2v) is 7.65. The zero-order chi connectivity index (χ0) is 24.3. The van der Waals surface area contributed by atoms with Gasteiger partial charge in [-0.2, -0.15) is 12.6 Å². The lowest BCUT2D eigenvalue weighted by atomic mass is 9.98. The highest BCUT2D eigenvalue weighted by Crippen LogP contribution is 2.07. The van der Waals surface area contributed by atoms with Crippen molar-refractivity contribution in [2.45, 2.75) is 70.3 Å². The third-order valence-electron chi connectivity index (χ3n) is 4.73. The summed E-state index contributed by atoms with van der Waals surface area (Å²) in [6.07, 6.45) is -1.17. The molecule has 0 saturated heterocycles. The predicted octanol–water partition coefficient (Wildman–Crippen LogP) is -2.53. The van der Waals surface area contributed by atoms with Gasteiger partial charge in [0.1, 0.15) is 18.1 Å². The molecule has 31 heavy (non-hydrogen) atoms. The van der Waals surface area contributed by atoms with Crippen molar-refractivity contribution in [1.29, 1.82) is 0 Å². The van der Waals surface area contributed by atoms with Crippen LogP contribution in [0.3, 0.4) is 0 Å². The van der Waals surface area contributed by atoms with Crippen LogP contribution >= 0.6 is 12.6 Å². The van der Waals surface area contributed by atoms with Crippen molar-refractivity contribution in [3.05, 3.63) is 0 Å². The maximum atomic E-state index is 12.6. The SMILES string of the molecule is CCC(C)C(N)C(=O)NC(C(=O)NC(CS)C(=O)NC(CCC(N)=O)C(=O)O)C(C)O. The molecule has 0 radical (unpaired) electrons. The number of hydrogen-bond donors (Lipinski definition) is 8. The molecule has 0 aromatic heterocycles. The Morgan fingerprint density at radius 3 is 1.94 bits per heavy atom. The molecule has 0 bridgehead atoms. The van der Waals surface area contributed by atoms with Gasteiger partial charge in [0.2, 0.25) is 23.6 Å². The van der Waals surface area contributed by atoms with Gasteiger partial charge in [-0.3, -0.25) is 19.2 Å². The molecule has 0 rings (SSSR count). The molecule has 0 spiro atoms. The molecular weight excluding hydrogens is 430 g/mol. The summed E-state index contributed by atoms with van der Waals surface area (Å²) in [7, 11) is 0. The molecule has 12 nitrogen and oxygen atoms in total. The van der Waals surface area contributed by atoms with E-state index in [1.807, 2.05) is 6.92 Å². The van der Waals surface area contributed by atoms with Crippen LogP contribution < -0.4 is 27.4 Å². The third kappa shape index (κ3) is 9.98. The largest absolute Gasteiger partial charge is 0.480 e. The van der Waals surface area contributed by atoms with Crippen LogP contribution in [0.1, 0.15) is 40.0 Å². The second kappa shape index (κ2) is 13.8. The molecule has 0 aromatic rings. The zero-order valence-electron chi connectivity index (χ0n) is 17.8. The fourth-order valence-corrected chi connectivity index (χ4v) is 2.70. The molecule has 6 unspecified atom stereocenters. The molecule has 9 N–H and O–H groups in total. The summed E-state index contributed by atoms with van der Waals surface area (Å²) in [6.45, 7) is 4.89. The number of rotatable bonds is 14. The number of amides is 4. The first-order valence-electron chi connectivity index (χ1n) is 9.82. The van der Waals surface area contributed by atoms with Crippen molar-refractivity contribution in [2.24, 2.45) is 17.4 Å². The molecule has 178 valence electrons. The topological polar surface area (TPSA) is 214 Å². The van der Waals surface area contributed by atoms with E-state index in [0.717, 1.165) is 0 Å². The van der Waals surface area contributed by atoms with Gasteiger partial charge in [-0.15, -0.1) is 0 Å². The van der Waals surface area contributed by atoms with Gasteiger partial charge in [0.25, 0.3) is 0 Å². The van der Waals surface area contributed by atoms with Crippen LogP contribution in [-0.2, 0) is 24.0 Å². The summed E-state index contributed by atoms with van der Waals surface area (Å²) < 4.78 is 0. The first kappa shape index (κ1) is 28.6. The second-order valence-electron chi connectivity index (χ2n) is 7.29. The van der Waals surface area contributed by atoms with Gasteiger partial charge < -0.3 is 37.6 Å². The van der Waals surface area contributed by atoms with Gasteiger partial charge >= 0.3 is 5.97 Å². The maximum absolute atomic E-state index is 12.6. The summed E-state index contributed by atoms with van der Waals surface area (Å²) in [4.78, 5) is 59.4. The van der Waals surface area contributed by atoms with Gasteiger partial charge in [-0.1, -0.05) is 20.3 Å². The first-order chi connectivity index (χ1) is 14.3. The van der Waals surface area contributed by atoms with Crippen LogP contribution in [0.25, 0.3) is 0 Å². The number of nitrogens with two attached hydrogens (primary N) is 2. The van der Waals surface area contributed by atoms with E-state index in [1.165, 1.54) is 6.92 Å². The van der Waals surface area contributed by atoms with E-state index >= 15 is 0 Å². The van der Waals surface area contributed by atoms with Crippen molar-refractivity contribution in [3.63, 3.8) is 0 Å². The van der Waals surface area contributed by atoms with E-state index in [2.05, 4.69) is 28.6 Å². The Kier molecular flexibility index (Phi) is 12.8. The standard InChI is InChI=1S/C18H33N5O7S/c1-4-8(2)13(20)16(27)23-14(9(3)24)17(28)22-11(7-31)15(26)21-10(18(29)30)5-6-12(19)25/h8-11,13-14,24,31H,4-7,20H2,1-3H3,(H2,19,25)(H,21,26)(H,22,28)(H,23,27)(H,29,30). The van der Waals surface area contributed by atoms with Crippen LogP contribution in [-0.4, -0.2) is 75.8 Å². The normalized spacial score (nSPS) is 16.7. The number of hydrogen-bond acceptors (Lipinski definition) is 8. The van der Waals surface area contributed by atoms with Crippen LogP contribution in [0.4, 0.5) is 0 Å². The molecule has 0 aliphatic carbocycles. The van der Waals surface area contributed by atoms with Crippen LogP contribution in [0, 0.1) is 5.92 Å². The highest BCUT2D eigenvalue weighted by molar-refractivity contribution is 7.80. The number of carbonyl (C=O) groups is 5. The van der Waals surface area contributed by atoms with E-state index in [4.69, 9.17) is 11.5 Å². The number of nitrogens with one attached hydrogen (secondary N) is 3. The lowest BCUT2D eigenvalue weighted by molar-refractivity contribution is -0.142.